The number of amides is 3. The van der Waals surface area contributed by atoms with Crippen molar-refractivity contribution in [3.05, 3.63) is 48.6 Å². The van der Waals surface area contributed by atoms with E-state index in [4.69, 9.17) is 4.74 Å². The highest BCUT2D eigenvalue weighted by Crippen LogP contribution is 2.65. The molecule has 0 aromatic heterocycles. The molecule has 4 heterocycles. The Labute approximate surface area is 246 Å². The number of hydrogen-bond acceptors (Lipinski definition) is 6. The Bertz CT molecular complexity index is 1240. The molecule has 8 nitrogen and oxygen atoms in total. The lowest BCUT2D eigenvalue weighted by atomic mass is 9.74. The van der Waals surface area contributed by atoms with Crippen molar-refractivity contribution in [3.63, 3.8) is 0 Å². The average molecular weight is 580 g/mol. The molecular formula is C32H41N3O5S. The SMILES string of the molecule is CCOc1ccc(N2CC=C[C@@]3(C)S[C@]45C=CCN(C6CCCCC6)C(=O)C4N(CCCO)C(=O)[C@@H]5[C@H]3C2=O)cc1. The van der Waals surface area contributed by atoms with Crippen molar-refractivity contribution in [3.8, 4) is 5.75 Å². The number of hydrogen-bond donors (Lipinski definition) is 1. The lowest BCUT2D eigenvalue weighted by Crippen LogP contribution is -2.55. The Kier molecular flexibility index (Phi) is 7.70. The largest absolute Gasteiger partial charge is 0.494 e. The number of anilines is 1. The zero-order valence-electron chi connectivity index (χ0n) is 24.0. The molecule has 3 fully saturated rings. The van der Waals surface area contributed by atoms with Gasteiger partial charge in [0.25, 0.3) is 0 Å². The summed E-state index contributed by atoms with van der Waals surface area (Å²) in [7, 11) is 0. The van der Waals surface area contributed by atoms with Crippen molar-refractivity contribution in [2.45, 2.75) is 74.0 Å². The second kappa shape index (κ2) is 11.1. The van der Waals surface area contributed by atoms with E-state index >= 15 is 0 Å². The maximum atomic E-state index is 14.5. The van der Waals surface area contributed by atoms with Crippen molar-refractivity contribution < 1.29 is 24.2 Å². The molecule has 1 saturated carbocycles. The minimum absolute atomic E-state index is 0.0111. The van der Waals surface area contributed by atoms with Gasteiger partial charge in [-0.15, -0.1) is 11.8 Å². The van der Waals surface area contributed by atoms with Crippen molar-refractivity contribution >= 4 is 35.2 Å². The van der Waals surface area contributed by atoms with Crippen LogP contribution >= 0.6 is 11.8 Å². The summed E-state index contributed by atoms with van der Waals surface area (Å²) in [6, 6.07) is 6.99. The van der Waals surface area contributed by atoms with Crippen LogP contribution in [0.4, 0.5) is 5.69 Å². The van der Waals surface area contributed by atoms with Crippen molar-refractivity contribution in [1.29, 1.82) is 0 Å². The van der Waals surface area contributed by atoms with E-state index in [2.05, 4.69) is 25.2 Å². The van der Waals surface area contributed by atoms with Crippen LogP contribution in [0.2, 0.25) is 0 Å². The highest BCUT2D eigenvalue weighted by Gasteiger charge is 2.74. The zero-order chi connectivity index (χ0) is 28.8. The summed E-state index contributed by atoms with van der Waals surface area (Å²) in [6.45, 7) is 5.72. The molecule has 3 amide bonds. The van der Waals surface area contributed by atoms with Gasteiger partial charge in [0.05, 0.1) is 23.2 Å². The standard InChI is InChI=1S/C32H41N3O5S/c1-3-40-24-14-12-23(13-15-24)33-18-7-16-31(2)25(28(33)37)26-29(38)35(20-9-21-36)27-30(39)34(22-10-5-4-6-11-22)19-8-17-32(26,27)41-31/h7-8,12-17,22,25-27,36H,3-6,9-11,18-21H2,1-2H3/t25-,26-,27?,31+,32-/m0/s1. The number of nitrogens with zero attached hydrogens (tertiary/aromatic N) is 3. The summed E-state index contributed by atoms with van der Waals surface area (Å²) >= 11 is 1.62. The van der Waals surface area contributed by atoms with Gasteiger partial charge in [-0.1, -0.05) is 43.6 Å². The number of likely N-dealkylation sites (tertiary alicyclic amines) is 1. The maximum absolute atomic E-state index is 14.5. The molecule has 5 atom stereocenters. The number of carbonyl (C=O) groups is 3. The highest BCUT2D eigenvalue weighted by atomic mass is 32.2. The van der Waals surface area contributed by atoms with Gasteiger partial charge in [-0.2, -0.15) is 0 Å². The summed E-state index contributed by atoms with van der Waals surface area (Å²) in [6.07, 6.45) is 14.1. The minimum atomic E-state index is -0.853. The van der Waals surface area contributed by atoms with Crippen LogP contribution in [0, 0.1) is 11.8 Å². The van der Waals surface area contributed by atoms with E-state index in [1.807, 2.05) is 42.2 Å². The van der Waals surface area contributed by atoms with E-state index in [0.717, 1.165) is 37.1 Å². The number of rotatable bonds is 7. The second-order valence-electron chi connectivity index (χ2n) is 12.1. The van der Waals surface area contributed by atoms with Gasteiger partial charge in [-0.3, -0.25) is 14.4 Å². The van der Waals surface area contributed by atoms with Gasteiger partial charge in [0.15, 0.2) is 0 Å². The third-order valence-corrected chi connectivity index (χ3v) is 11.4. The molecular weight excluding hydrogens is 538 g/mol. The first-order chi connectivity index (χ1) is 19.8. The van der Waals surface area contributed by atoms with E-state index < -0.39 is 27.4 Å². The van der Waals surface area contributed by atoms with Crippen LogP contribution < -0.4 is 9.64 Å². The van der Waals surface area contributed by atoms with Crippen LogP contribution in [0.1, 0.15) is 52.4 Å². The predicted octanol–water partition coefficient (Wildman–Crippen LogP) is 3.79. The smallest absolute Gasteiger partial charge is 0.247 e. The Hall–Kier alpha value is -2.78. The van der Waals surface area contributed by atoms with Crippen LogP contribution in [0.25, 0.3) is 0 Å². The van der Waals surface area contributed by atoms with Crippen LogP contribution in [0.15, 0.2) is 48.6 Å². The molecule has 220 valence electrons. The van der Waals surface area contributed by atoms with E-state index in [1.165, 1.54) is 6.42 Å². The molecule has 1 aliphatic carbocycles. The zero-order valence-corrected chi connectivity index (χ0v) is 24.9. The van der Waals surface area contributed by atoms with Crippen molar-refractivity contribution in [2.24, 2.45) is 11.8 Å². The van der Waals surface area contributed by atoms with Crippen LogP contribution in [0.5, 0.6) is 5.75 Å². The first-order valence-corrected chi connectivity index (χ1v) is 16.0. The van der Waals surface area contributed by atoms with E-state index in [1.54, 1.807) is 21.6 Å². The monoisotopic (exact) mass is 579 g/mol. The summed E-state index contributed by atoms with van der Waals surface area (Å²) in [5.41, 5.74) is 0.758. The number of benzene rings is 1. The molecule has 1 unspecified atom stereocenters. The molecule has 1 aromatic rings. The Morgan fingerprint density at radius 1 is 0.951 bits per heavy atom. The number of carbonyl (C=O) groups excluding carboxylic acids is 3. The number of aliphatic hydroxyl groups excluding tert-OH is 1. The average Bonchev–Trinajstić information content (AvgIpc) is 3.23. The van der Waals surface area contributed by atoms with Gasteiger partial charge < -0.3 is 24.5 Å². The van der Waals surface area contributed by atoms with E-state index in [9.17, 15) is 19.5 Å². The second-order valence-corrected chi connectivity index (χ2v) is 13.9. The normalized spacial score (nSPS) is 33.5. The highest BCUT2D eigenvalue weighted by molar-refractivity contribution is 8.02. The van der Waals surface area contributed by atoms with Gasteiger partial charge in [0.2, 0.25) is 17.7 Å². The molecule has 4 aliphatic heterocycles. The van der Waals surface area contributed by atoms with Gasteiger partial charge in [-0.05, 0) is 57.4 Å². The number of aliphatic hydroxyl groups is 1. The predicted molar refractivity (Wildman–Crippen MR) is 160 cm³/mol. The molecule has 5 aliphatic rings. The fraction of sp³-hybridized carbons (Fsp3) is 0.594. The quantitative estimate of drug-likeness (QED) is 0.495. The fourth-order valence-corrected chi connectivity index (χ4v) is 10.0. The number of ether oxygens (including phenoxy) is 1. The Balaban J connectivity index is 1.40. The molecule has 41 heavy (non-hydrogen) atoms. The van der Waals surface area contributed by atoms with Crippen molar-refractivity contribution in [2.75, 3.05) is 37.7 Å². The fourth-order valence-electron chi connectivity index (χ4n) is 7.86. The van der Waals surface area contributed by atoms with Gasteiger partial charge in [-0.25, -0.2) is 0 Å². The first kappa shape index (κ1) is 28.3. The van der Waals surface area contributed by atoms with Gasteiger partial charge in [0.1, 0.15) is 11.8 Å². The lowest BCUT2D eigenvalue weighted by molar-refractivity contribution is -0.144. The summed E-state index contributed by atoms with van der Waals surface area (Å²) in [4.78, 5) is 48.9. The van der Waals surface area contributed by atoms with Crippen LogP contribution in [0.3, 0.4) is 0 Å². The molecule has 1 spiro atoms. The molecule has 1 N–H and O–H groups in total. The lowest BCUT2D eigenvalue weighted by Gasteiger charge is -2.40. The maximum Gasteiger partial charge on any atom is 0.247 e. The molecule has 1 aromatic carbocycles. The molecule has 2 saturated heterocycles. The van der Waals surface area contributed by atoms with Crippen molar-refractivity contribution in [1.82, 2.24) is 9.80 Å². The summed E-state index contributed by atoms with van der Waals surface area (Å²) < 4.78 is 4.10. The third kappa shape index (κ3) is 4.60. The Morgan fingerprint density at radius 2 is 1.68 bits per heavy atom. The first-order valence-electron chi connectivity index (χ1n) is 15.2. The summed E-state index contributed by atoms with van der Waals surface area (Å²) in [5, 5.41) is 9.68. The molecule has 0 bridgehead atoms. The molecule has 9 heteroatoms. The van der Waals surface area contributed by atoms with E-state index in [-0.39, 0.29) is 30.4 Å². The number of thioether (sulfide) groups is 1. The Morgan fingerprint density at radius 3 is 2.39 bits per heavy atom. The number of fused-ring (bicyclic) bond motifs is 2. The topological polar surface area (TPSA) is 90.4 Å². The van der Waals surface area contributed by atoms with Gasteiger partial charge in [0, 0.05) is 42.7 Å². The third-order valence-electron chi connectivity index (χ3n) is 9.62. The van der Waals surface area contributed by atoms with Crippen LogP contribution in [-0.2, 0) is 14.4 Å². The molecule has 0 radical (unpaired) electrons. The van der Waals surface area contributed by atoms with Crippen LogP contribution in [-0.4, -0.2) is 87.1 Å². The van der Waals surface area contributed by atoms with Gasteiger partial charge >= 0.3 is 0 Å². The van der Waals surface area contributed by atoms with E-state index in [0.29, 0.717) is 32.7 Å². The minimum Gasteiger partial charge on any atom is -0.494 e. The summed E-state index contributed by atoms with van der Waals surface area (Å²) in [5.74, 6) is -0.820. The molecule has 6 rings (SSSR count).